The van der Waals surface area contributed by atoms with Gasteiger partial charge in [0.2, 0.25) is 0 Å². The van der Waals surface area contributed by atoms with E-state index in [2.05, 4.69) is 36.4 Å². The van der Waals surface area contributed by atoms with Gasteiger partial charge in [-0.15, -0.1) is 5.54 Å². The van der Waals surface area contributed by atoms with Crippen molar-refractivity contribution in [2.24, 2.45) is 0 Å². The fourth-order valence-corrected chi connectivity index (χ4v) is 1.93. The van der Waals surface area contributed by atoms with Gasteiger partial charge in [0, 0.05) is 5.56 Å². The number of benzene rings is 1. The highest BCUT2D eigenvalue weighted by atomic mass is 28.3. The summed E-state index contributed by atoms with van der Waals surface area (Å²) in [4.78, 5) is 11.1. The largest absolute Gasteiger partial charge is 0.482 e. The molecule has 0 fully saturated rings. The summed E-state index contributed by atoms with van der Waals surface area (Å²) in [5, 5.41) is 2.76. The molecule has 0 atom stereocenters. The molecule has 88 valence electrons. The molecule has 1 N–H and O–H groups in total. The average molecular weight is 245 g/mol. The van der Waals surface area contributed by atoms with Crippen LogP contribution in [0.1, 0.15) is 5.56 Å². The first kappa shape index (κ1) is 11.7. The van der Waals surface area contributed by atoms with Crippen LogP contribution in [0.3, 0.4) is 0 Å². The SMILES string of the molecule is C[Si](C)(C)C#Cc1ccc2c(c1)OCC(=O)N2. The molecule has 0 saturated carbocycles. The molecule has 4 heteroatoms. The van der Waals surface area contributed by atoms with E-state index < -0.39 is 8.07 Å². The standard InChI is InChI=1S/C13H15NO2Si/c1-17(2,3)7-6-10-4-5-11-12(8-10)16-9-13(15)14-11/h4-5,8H,9H2,1-3H3,(H,14,15). The third-order valence-electron chi connectivity index (χ3n) is 2.20. The molecular weight excluding hydrogens is 230 g/mol. The van der Waals surface area contributed by atoms with E-state index in [0.717, 1.165) is 11.3 Å². The van der Waals surface area contributed by atoms with E-state index in [0.29, 0.717) is 5.75 Å². The number of fused-ring (bicyclic) bond motifs is 1. The predicted octanol–water partition coefficient (Wildman–Crippen LogP) is 2.25. The predicted molar refractivity (Wildman–Crippen MR) is 70.8 cm³/mol. The van der Waals surface area contributed by atoms with Gasteiger partial charge >= 0.3 is 0 Å². The highest BCUT2D eigenvalue weighted by molar-refractivity contribution is 6.83. The number of ether oxygens (including phenoxy) is 1. The van der Waals surface area contributed by atoms with Crippen molar-refractivity contribution in [1.29, 1.82) is 0 Å². The van der Waals surface area contributed by atoms with E-state index in [-0.39, 0.29) is 12.5 Å². The van der Waals surface area contributed by atoms with Crippen LogP contribution in [0.4, 0.5) is 5.69 Å². The molecule has 2 rings (SSSR count). The molecule has 1 aliphatic heterocycles. The molecule has 1 heterocycles. The summed E-state index contributed by atoms with van der Waals surface area (Å²) in [5.74, 6) is 3.75. The number of hydrogen-bond acceptors (Lipinski definition) is 2. The van der Waals surface area contributed by atoms with Crippen LogP contribution >= 0.6 is 0 Å². The van der Waals surface area contributed by atoms with Gasteiger partial charge in [-0.3, -0.25) is 4.79 Å². The number of nitrogens with one attached hydrogen (secondary N) is 1. The van der Waals surface area contributed by atoms with Gasteiger partial charge in [0.1, 0.15) is 13.8 Å². The Morgan fingerprint density at radius 1 is 1.35 bits per heavy atom. The summed E-state index contributed by atoms with van der Waals surface area (Å²) >= 11 is 0. The van der Waals surface area contributed by atoms with Gasteiger partial charge in [0.15, 0.2) is 6.61 Å². The van der Waals surface area contributed by atoms with Crippen molar-refractivity contribution in [1.82, 2.24) is 0 Å². The summed E-state index contributed by atoms with van der Waals surface area (Å²) < 4.78 is 5.34. The van der Waals surface area contributed by atoms with Crippen LogP contribution < -0.4 is 10.1 Å². The second kappa shape index (κ2) is 4.26. The van der Waals surface area contributed by atoms with Crippen molar-refractivity contribution < 1.29 is 9.53 Å². The van der Waals surface area contributed by atoms with Gasteiger partial charge in [-0.2, -0.15) is 0 Å². The fraction of sp³-hybridized carbons (Fsp3) is 0.308. The van der Waals surface area contributed by atoms with Crippen LogP contribution in [0.15, 0.2) is 18.2 Å². The molecule has 0 aromatic heterocycles. The Balaban J connectivity index is 2.28. The lowest BCUT2D eigenvalue weighted by Gasteiger charge is -2.17. The Labute approximate surface area is 102 Å². The minimum Gasteiger partial charge on any atom is -0.482 e. The number of hydrogen-bond donors (Lipinski definition) is 1. The second-order valence-corrected chi connectivity index (χ2v) is 9.80. The van der Waals surface area contributed by atoms with Gasteiger partial charge in [0.05, 0.1) is 5.69 Å². The number of amides is 1. The molecule has 0 unspecified atom stereocenters. The average Bonchev–Trinajstić information content (AvgIpc) is 2.25. The minimum absolute atomic E-state index is 0.0813. The Morgan fingerprint density at radius 2 is 2.12 bits per heavy atom. The zero-order valence-corrected chi connectivity index (χ0v) is 11.3. The van der Waals surface area contributed by atoms with Crippen molar-refractivity contribution in [2.75, 3.05) is 11.9 Å². The van der Waals surface area contributed by atoms with Crippen molar-refractivity contribution >= 4 is 19.7 Å². The maximum Gasteiger partial charge on any atom is 0.262 e. The lowest BCUT2D eigenvalue weighted by Crippen LogP contribution is -2.25. The highest BCUT2D eigenvalue weighted by Crippen LogP contribution is 2.28. The molecule has 3 nitrogen and oxygen atoms in total. The van der Waals surface area contributed by atoms with Crippen LogP contribution in [0.25, 0.3) is 0 Å². The topological polar surface area (TPSA) is 38.3 Å². The summed E-state index contributed by atoms with van der Waals surface area (Å²) in [6, 6.07) is 5.61. The molecule has 0 radical (unpaired) electrons. The van der Waals surface area contributed by atoms with E-state index >= 15 is 0 Å². The molecule has 0 aliphatic carbocycles. The van der Waals surface area contributed by atoms with Crippen LogP contribution in [0, 0.1) is 11.5 Å². The van der Waals surface area contributed by atoms with Crippen LogP contribution in [-0.4, -0.2) is 20.6 Å². The Kier molecular flexibility index (Phi) is 2.95. The van der Waals surface area contributed by atoms with Crippen molar-refractivity contribution in [3.05, 3.63) is 23.8 Å². The maximum absolute atomic E-state index is 11.1. The summed E-state index contributed by atoms with van der Waals surface area (Å²) in [6.07, 6.45) is 0. The Morgan fingerprint density at radius 3 is 2.82 bits per heavy atom. The van der Waals surface area contributed by atoms with E-state index in [9.17, 15) is 4.79 Å². The van der Waals surface area contributed by atoms with E-state index in [1.54, 1.807) is 0 Å². The summed E-state index contributed by atoms with van der Waals surface area (Å²) in [7, 11) is -1.36. The van der Waals surface area contributed by atoms with Crippen molar-refractivity contribution in [2.45, 2.75) is 19.6 Å². The zero-order valence-electron chi connectivity index (χ0n) is 10.3. The van der Waals surface area contributed by atoms with Gasteiger partial charge in [0.25, 0.3) is 5.91 Å². The van der Waals surface area contributed by atoms with Crippen LogP contribution in [0.5, 0.6) is 5.75 Å². The van der Waals surface area contributed by atoms with Gasteiger partial charge in [-0.1, -0.05) is 25.6 Å². The van der Waals surface area contributed by atoms with E-state index in [1.807, 2.05) is 18.2 Å². The normalized spacial score (nSPS) is 13.9. The Bertz CT molecular complexity index is 520. The summed E-state index contributed by atoms with van der Waals surface area (Å²) in [5.41, 5.74) is 4.95. The lowest BCUT2D eigenvalue weighted by molar-refractivity contribution is -0.118. The number of carbonyl (C=O) groups excluding carboxylic acids is 1. The first-order valence-corrected chi connectivity index (χ1v) is 9.04. The number of rotatable bonds is 0. The fourth-order valence-electron chi connectivity index (χ4n) is 1.41. The molecule has 1 aromatic rings. The number of carbonyl (C=O) groups is 1. The molecule has 0 bridgehead atoms. The smallest absolute Gasteiger partial charge is 0.262 e. The van der Waals surface area contributed by atoms with Crippen LogP contribution in [-0.2, 0) is 4.79 Å². The molecular formula is C13H15NO2Si. The second-order valence-electron chi connectivity index (χ2n) is 5.05. The van der Waals surface area contributed by atoms with Crippen LogP contribution in [0.2, 0.25) is 19.6 Å². The molecule has 0 spiro atoms. The highest BCUT2D eigenvalue weighted by Gasteiger charge is 2.15. The Hall–Kier alpha value is -1.73. The summed E-state index contributed by atoms with van der Waals surface area (Å²) in [6.45, 7) is 6.69. The molecule has 0 saturated heterocycles. The van der Waals surface area contributed by atoms with Crippen molar-refractivity contribution in [3.63, 3.8) is 0 Å². The first-order valence-electron chi connectivity index (χ1n) is 5.54. The first-order chi connectivity index (χ1) is 7.94. The quantitative estimate of drug-likeness (QED) is 0.562. The molecule has 17 heavy (non-hydrogen) atoms. The molecule has 1 amide bonds. The number of anilines is 1. The monoisotopic (exact) mass is 245 g/mol. The van der Waals surface area contributed by atoms with E-state index in [1.165, 1.54) is 0 Å². The molecule has 1 aliphatic rings. The molecule has 1 aromatic carbocycles. The minimum atomic E-state index is -1.36. The third-order valence-corrected chi connectivity index (χ3v) is 3.07. The van der Waals surface area contributed by atoms with Gasteiger partial charge in [-0.05, 0) is 18.2 Å². The zero-order chi connectivity index (χ0) is 12.5. The van der Waals surface area contributed by atoms with Gasteiger partial charge < -0.3 is 10.1 Å². The lowest BCUT2D eigenvalue weighted by atomic mass is 10.2. The maximum atomic E-state index is 11.1. The third kappa shape index (κ3) is 3.11. The van der Waals surface area contributed by atoms with Gasteiger partial charge in [-0.25, -0.2) is 0 Å². The van der Waals surface area contributed by atoms with Crippen molar-refractivity contribution in [3.8, 4) is 17.2 Å². The van der Waals surface area contributed by atoms with E-state index in [4.69, 9.17) is 4.74 Å².